The average Bonchev–Trinajstić information content (AvgIpc) is 2.57. The largest absolute Gasteiger partial charge is 0.347 e. The molecule has 3 rings (SSSR count). The predicted octanol–water partition coefficient (Wildman–Crippen LogP) is 3.94. The third-order valence-electron chi connectivity index (χ3n) is 4.34. The molecule has 2 heterocycles. The van der Waals surface area contributed by atoms with E-state index in [2.05, 4.69) is 10.3 Å². The Hall–Kier alpha value is -1.91. The van der Waals surface area contributed by atoms with Gasteiger partial charge in [0.2, 0.25) is 5.91 Å². The topological polar surface area (TPSA) is 59.1 Å². The first kappa shape index (κ1) is 16.9. The van der Waals surface area contributed by atoms with Crippen LogP contribution >= 0.6 is 23.2 Å². The highest BCUT2D eigenvalue weighted by molar-refractivity contribution is 6.30. The lowest BCUT2D eigenvalue weighted by molar-refractivity contribution is -0.130. The maximum absolute atomic E-state index is 12.3. The van der Waals surface area contributed by atoms with E-state index >= 15 is 0 Å². The summed E-state index contributed by atoms with van der Waals surface area (Å²) < 4.78 is 0. The number of rotatable bonds is 4. The molecule has 1 aromatic carbocycles. The van der Waals surface area contributed by atoms with E-state index < -0.39 is 0 Å². The minimum absolute atomic E-state index is 0.0139. The van der Waals surface area contributed by atoms with Crippen molar-refractivity contribution in [2.24, 2.45) is 5.92 Å². The van der Waals surface area contributed by atoms with Crippen molar-refractivity contribution in [3.8, 4) is 0 Å². The van der Waals surface area contributed by atoms with E-state index in [0.29, 0.717) is 16.5 Å². The quantitative estimate of drug-likeness (QED) is 0.838. The van der Waals surface area contributed by atoms with Gasteiger partial charge < -0.3 is 10.1 Å². The molecule has 0 unspecified atom stereocenters. The number of aromatic nitrogens is 1. The Labute approximate surface area is 150 Å². The number of benzene rings is 1. The van der Waals surface area contributed by atoms with Crippen molar-refractivity contribution in [2.75, 3.05) is 0 Å². The maximum atomic E-state index is 12.3. The number of nitrogens with zero attached hydrogens (tertiary/aromatic N) is 1. The third kappa shape index (κ3) is 3.60. The lowest BCUT2D eigenvalue weighted by atomic mass is 9.77. The van der Waals surface area contributed by atoms with Crippen LogP contribution in [0.15, 0.2) is 42.6 Å². The molecule has 4 nitrogen and oxygen atoms in total. The summed E-state index contributed by atoms with van der Waals surface area (Å²) in [6.45, 7) is 0. The van der Waals surface area contributed by atoms with E-state index in [0.717, 1.165) is 17.5 Å². The molecule has 0 saturated carbocycles. The van der Waals surface area contributed by atoms with Crippen molar-refractivity contribution in [1.29, 1.82) is 0 Å². The van der Waals surface area contributed by atoms with Crippen LogP contribution in [-0.4, -0.2) is 17.2 Å². The molecule has 1 aromatic heterocycles. The fraction of sp³-hybridized carbons (Fsp3) is 0.278. The number of nitrogens with one attached hydrogen (secondary N) is 1. The van der Waals surface area contributed by atoms with E-state index in [1.807, 2.05) is 30.3 Å². The highest BCUT2D eigenvalue weighted by atomic mass is 35.5. The standard InChI is InChI=1S/C18H16Cl2N2O2/c19-13-3-1-2-11(8-13)15-9-12(6-7-23)18(24)22-17(15)16-5-4-14(20)10-21-16/h1-5,7-8,10,12,15,17H,6,9H2,(H,22,24)/t12-,15+,17-/m0/s1. The van der Waals surface area contributed by atoms with Gasteiger partial charge in [-0.05, 0) is 36.2 Å². The van der Waals surface area contributed by atoms with Crippen LogP contribution in [0.4, 0.5) is 0 Å². The fourth-order valence-corrected chi connectivity index (χ4v) is 3.47. The zero-order valence-corrected chi connectivity index (χ0v) is 14.3. The van der Waals surface area contributed by atoms with Gasteiger partial charge in [-0.25, -0.2) is 0 Å². The average molecular weight is 363 g/mol. The monoisotopic (exact) mass is 362 g/mol. The van der Waals surface area contributed by atoms with Crippen molar-refractivity contribution in [2.45, 2.75) is 24.8 Å². The third-order valence-corrected chi connectivity index (χ3v) is 4.79. The fourth-order valence-electron chi connectivity index (χ4n) is 3.16. The summed E-state index contributed by atoms with van der Waals surface area (Å²) in [6.07, 6.45) is 3.14. The number of hydrogen-bond donors (Lipinski definition) is 1. The van der Waals surface area contributed by atoms with Gasteiger partial charge >= 0.3 is 0 Å². The first-order valence-electron chi connectivity index (χ1n) is 7.69. The molecule has 0 radical (unpaired) electrons. The van der Waals surface area contributed by atoms with Crippen LogP contribution in [0.5, 0.6) is 0 Å². The molecule has 0 aliphatic carbocycles. The predicted molar refractivity (Wildman–Crippen MR) is 93.1 cm³/mol. The summed E-state index contributed by atoms with van der Waals surface area (Å²) in [6, 6.07) is 10.9. The normalized spacial score (nSPS) is 23.6. The molecule has 1 aliphatic heterocycles. The SMILES string of the molecule is O=CC[C@H]1C[C@H](c2cccc(Cl)c2)[C@@H](c2ccc(Cl)cn2)NC1=O. The zero-order chi connectivity index (χ0) is 17.1. The number of amides is 1. The molecule has 1 saturated heterocycles. The van der Waals surface area contributed by atoms with Crippen LogP contribution < -0.4 is 5.32 Å². The van der Waals surface area contributed by atoms with Crippen molar-refractivity contribution < 1.29 is 9.59 Å². The number of carbonyl (C=O) groups is 2. The molecule has 3 atom stereocenters. The summed E-state index contributed by atoms with van der Waals surface area (Å²) >= 11 is 12.0. The summed E-state index contributed by atoms with van der Waals surface area (Å²) in [5, 5.41) is 4.19. The molecule has 1 fully saturated rings. The lowest BCUT2D eigenvalue weighted by Crippen LogP contribution is -2.43. The van der Waals surface area contributed by atoms with Crippen molar-refractivity contribution in [3.63, 3.8) is 0 Å². The summed E-state index contributed by atoms with van der Waals surface area (Å²) in [5.74, 6) is -0.475. The Kier molecular flexibility index (Phi) is 5.17. The molecule has 24 heavy (non-hydrogen) atoms. The Balaban J connectivity index is 1.98. The van der Waals surface area contributed by atoms with Crippen LogP contribution in [0, 0.1) is 5.92 Å². The molecule has 0 spiro atoms. The van der Waals surface area contributed by atoms with Gasteiger partial charge in [0.25, 0.3) is 0 Å². The van der Waals surface area contributed by atoms with Crippen LogP contribution in [-0.2, 0) is 9.59 Å². The van der Waals surface area contributed by atoms with Gasteiger partial charge in [-0.2, -0.15) is 0 Å². The zero-order valence-electron chi connectivity index (χ0n) is 12.8. The molecular formula is C18H16Cl2N2O2. The minimum Gasteiger partial charge on any atom is -0.347 e. The Bertz CT molecular complexity index is 749. The summed E-state index contributed by atoms with van der Waals surface area (Å²) in [7, 11) is 0. The van der Waals surface area contributed by atoms with Crippen LogP contribution in [0.3, 0.4) is 0 Å². The lowest BCUT2D eigenvalue weighted by Gasteiger charge is -2.36. The minimum atomic E-state index is -0.338. The number of aldehydes is 1. The van der Waals surface area contributed by atoms with E-state index in [1.54, 1.807) is 12.3 Å². The highest BCUT2D eigenvalue weighted by Gasteiger charge is 2.37. The number of piperidine rings is 1. The van der Waals surface area contributed by atoms with Gasteiger partial charge in [0.1, 0.15) is 6.29 Å². The van der Waals surface area contributed by atoms with Gasteiger partial charge in [-0.1, -0.05) is 35.3 Å². The second-order valence-electron chi connectivity index (χ2n) is 5.88. The van der Waals surface area contributed by atoms with Crippen molar-refractivity contribution >= 4 is 35.4 Å². The second-order valence-corrected chi connectivity index (χ2v) is 6.76. The number of carbonyl (C=O) groups excluding carboxylic acids is 2. The molecule has 1 aliphatic rings. The van der Waals surface area contributed by atoms with Crippen LogP contribution in [0.1, 0.15) is 36.1 Å². The Morgan fingerprint density at radius 3 is 2.71 bits per heavy atom. The van der Waals surface area contributed by atoms with Crippen LogP contribution in [0.2, 0.25) is 10.0 Å². The van der Waals surface area contributed by atoms with E-state index in [1.165, 1.54) is 0 Å². The molecule has 2 aromatic rings. The summed E-state index contributed by atoms with van der Waals surface area (Å²) in [4.78, 5) is 27.6. The van der Waals surface area contributed by atoms with Crippen LogP contribution in [0.25, 0.3) is 0 Å². The van der Waals surface area contributed by atoms with Crippen molar-refractivity contribution in [3.05, 3.63) is 63.9 Å². The van der Waals surface area contributed by atoms with Gasteiger partial charge in [-0.15, -0.1) is 0 Å². The number of halogens is 2. The van der Waals surface area contributed by atoms with Gasteiger partial charge in [0.05, 0.1) is 16.8 Å². The molecular weight excluding hydrogens is 347 g/mol. The first-order chi connectivity index (χ1) is 11.6. The van der Waals surface area contributed by atoms with E-state index in [4.69, 9.17) is 23.2 Å². The van der Waals surface area contributed by atoms with Gasteiger partial charge in [0.15, 0.2) is 0 Å². The van der Waals surface area contributed by atoms with E-state index in [9.17, 15) is 9.59 Å². The first-order valence-corrected chi connectivity index (χ1v) is 8.45. The smallest absolute Gasteiger partial charge is 0.224 e. The van der Waals surface area contributed by atoms with Gasteiger partial charge in [-0.3, -0.25) is 9.78 Å². The van der Waals surface area contributed by atoms with Crippen molar-refractivity contribution in [1.82, 2.24) is 10.3 Å². The number of hydrogen-bond acceptors (Lipinski definition) is 3. The summed E-state index contributed by atoms with van der Waals surface area (Å²) in [5.41, 5.74) is 1.75. The molecule has 0 bridgehead atoms. The molecule has 124 valence electrons. The highest BCUT2D eigenvalue weighted by Crippen LogP contribution is 2.40. The molecule has 1 amide bonds. The maximum Gasteiger partial charge on any atom is 0.224 e. The Morgan fingerprint density at radius 1 is 1.21 bits per heavy atom. The second kappa shape index (κ2) is 7.32. The van der Waals surface area contributed by atoms with E-state index in [-0.39, 0.29) is 30.2 Å². The molecule has 6 heteroatoms. The number of pyridine rings is 1. The van der Waals surface area contributed by atoms with Gasteiger partial charge in [0, 0.05) is 29.5 Å². The Morgan fingerprint density at radius 2 is 2.04 bits per heavy atom. The molecule has 1 N–H and O–H groups in total.